The number of nitrogens with zero attached hydrogens (tertiary/aromatic N) is 1. The molecule has 0 spiro atoms. The Labute approximate surface area is 76.6 Å². The van der Waals surface area contributed by atoms with Gasteiger partial charge in [-0.05, 0) is 18.2 Å². The summed E-state index contributed by atoms with van der Waals surface area (Å²) in [7, 11) is 0. The molecule has 0 aromatic heterocycles. The first-order valence-electron chi connectivity index (χ1n) is 3.89. The maximum Gasteiger partial charge on any atom is 0.242 e. The van der Waals surface area contributed by atoms with Crippen molar-refractivity contribution in [3.8, 4) is 11.8 Å². The van der Waals surface area contributed by atoms with Gasteiger partial charge in [0.1, 0.15) is 5.75 Å². The van der Waals surface area contributed by atoms with Gasteiger partial charge in [0.2, 0.25) is 5.85 Å². The highest BCUT2D eigenvalue weighted by atomic mass is 19.2. The minimum atomic E-state index is -1.71. The average Bonchev–Trinajstić information content (AvgIpc) is 2.01. The summed E-state index contributed by atoms with van der Waals surface area (Å²) in [4.78, 5) is 0. The van der Waals surface area contributed by atoms with E-state index in [-0.39, 0.29) is 0 Å². The van der Waals surface area contributed by atoms with Crippen molar-refractivity contribution in [1.29, 1.82) is 5.26 Å². The second-order valence-corrected chi connectivity index (χ2v) is 3.11. The molecule has 0 aliphatic carbocycles. The van der Waals surface area contributed by atoms with E-state index in [0.717, 1.165) is 0 Å². The Kier molecular flexibility index (Phi) is 2.52. The second-order valence-electron chi connectivity index (χ2n) is 3.11. The van der Waals surface area contributed by atoms with Crippen molar-refractivity contribution in [1.82, 2.24) is 0 Å². The van der Waals surface area contributed by atoms with E-state index in [0.29, 0.717) is 11.3 Å². The highest BCUT2D eigenvalue weighted by Crippen LogP contribution is 2.19. The minimum absolute atomic E-state index is 0.367. The van der Waals surface area contributed by atoms with Crippen LogP contribution in [0, 0.1) is 11.3 Å². The lowest BCUT2D eigenvalue weighted by Crippen LogP contribution is -2.20. The number of rotatable bonds is 2. The topological polar surface area (TPSA) is 33.0 Å². The van der Waals surface area contributed by atoms with Crippen LogP contribution in [0.25, 0.3) is 0 Å². The Morgan fingerprint density at radius 3 is 2.69 bits per heavy atom. The molecular weight excluding hydrogens is 169 g/mol. The summed E-state index contributed by atoms with van der Waals surface area (Å²) >= 11 is 0. The molecule has 0 N–H and O–H groups in total. The van der Waals surface area contributed by atoms with Gasteiger partial charge in [0.25, 0.3) is 0 Å². The van der Waals surface area contributed by atoms with Gasteiger partial charge < -0.3 is 4.74 Å². The summed E-state index contributed by atoms with van der Waals surface area (Å²) < 4.78 is 17.9. The van der Waals surface area contributed by atoms with Crippen molar-refractivity contribution in [2.75, 3.05) is 0 Å². The molecule has 0 heterocycles. The van der Waals surface area contributed by atoms with E-state index in [9.17, 15) is 4.39 Å². The zero-order chi connectivity index (χ0) is 9.90. The molecule has 1 aromatic rings. The summed E-state index contributed by atoms with van der Waals surface area (Å²) in [6, 6.07) is 8.35. The van der Waals surface area contributed by atoms with Crippen molar-refractivity contribution >= 4 is 0 Å². The molecule has 0 atom stereocenters. The van der Waals surface area contributed by atoms with Crippen LogP contribution >= 0.6 is 0 Å². The van der Waals surface area contributed by atoms with Gasteiger partial charge in [-0.3, -0.25) is 0 Å². The number of hydrogen-bond acceptors (Lipinski definition) is 2. The van der Waals surface area contributed by atoms with Crippen molar-refractivity contribution in [2.24, 2.45) is 0 Å². The number of alkyl halides is 1. The monoisotopic (exact) mass is 179 g/mol. The van der Waals surface area contributed by atoms with E-state index in [1.54, 1.807) is 18.2 Å². The molecule has 3 heteroatoms. The van der Waals surface area contributed by atoms with Gasteiger partial charge in [-0.1, -0.05) is 6.07 Å². The summed E-state index contributed by atoms with van der Waals surface area (Å²) in [6.07, 6.45) is 0. The van der Waals surface area contributed by atoms with Crippen LogP contribution in [0.3, 0.4) is 0 Å². The number of benzene rings is 1. The third-order valence-electron chi connectivity index (χ3n) is 1.32. The molecule has 1 aromatic carbocycles. The molecule has 0 saturated carbocycles. The van der Waals surface area contributed by atoms with Crippen LogP contribution in [0.15, 0.2) is 24.3 Å². The summed E-state index contributed by atoms with van der Waals surface area (Å²) in [6.45, 7) is 2.62. The standard InChI is InChI=1S/C10H10FNO/c1-10(2,11)13-9-5-3-4-8(6-9)7-12/h3-6H,1-2H3. The third-order valence-corrected chi connectivity index (χ3v) is 1.32. The van der Waals surface area contributed by atoms with Gasteiger partial charge in [0.15, 0.2) is 0 Å². The van der Waals surface area contributed by atoms with Crippen LogP contribution in [0.1, 0.15) is 19.4 Å². The van der Waals surface area contributed by atoms with Crippen LogP contribution in [-0.2, 0) is 0 Å². The highest BCUT2D eigenvalue weighted by Gasteiger charge is 2.16. The Morgan fingerprint density at radius 1 is 1.46 bits per heavy atom. The number of ether oxygens (including phenoxy) is 1. The molecule has 2 nitrogen and oxygen atoms in total. The fraction of sp³-hybridized carbons (Fsp3) is 0.300. The van der Waals surface area contributed by atoms with E-state index in [2.05, 4.69) is 0 Å². The lowest BCUT2D eigenvalue weighted by molar-refractivity contribution is -0.0257. The molecule has 0 radical (unpaired) electrons. The molecule has 0 saturated heterocycles. The van der Waals surface area contributed by atoms with Crippen molar-refractivity contribution < 1.29 is 9.13 Å². The summed E-state index contributed by atoms with van der Waals surface area (Å²) in [5, 5.41) is 8.56. The molecular formula is C10H10FNO. The van der Waals surface area contributed by atoms with Crippen LogP contribution in [0.2, 0.25) is 0 Å². The molecule has 1 rings (SSSR count). The zero-order valence-electron chi connectivity index (χ0n) is 7.54. The van der Waals surface area contributed by atoms with Crippen LogP contribution in [0.5, 0.6) is 5.75 Å². The van der Waals surface area contributed by atoms with E-state index < -0.39 is 5.85 Å². The fourth-order valence-corrected chi connectivity index (χ4v) is 0.909. The predicted octanol–water partition coefficient (Wildman–Crippen LogP) is 2.64. The fourth-order valence-electron chi connectivity index (χ4n) is 0.909. The van der Waals surface area contributed by atoms with E-state index in [1.165, 1.54) is 19.9 Å². The maximum absolute atomic E-state index is 13.0. The normalized spacial score (nSPS) is 10.6. The summed E-state index contributed by atoms with van der Waals surface area (Å²) in [5.41, 5.74) is 0.460. The first kappa shape index (κ1) is 9.53. The second kappa shape index (κ2) is 3.44. The SMILES string of the molecule is CC(C)(F)Oc1cccc(C#N)c1. The third kappa shape index (κ3) is 3.12. The van der Waals surface area contributed by atoms with Crippen molar-refractivity contribution in [3.05, 3.63) is 29.8 Å². The van der Waals surface area contributed by atoms with Crippen LogP contribution in [0.4, 0.5) is 4.39 Å². The molecule has 0 bridgehead atoms. The minimum Gasteiger partial charge on any atom is -0.459 e. The largest absolute Gasteiger partial charge is 0.459 e. The Bertz CT molecular complexity index is 336. The van der Waals surface area contributed by atoms with Gasteiger partial charge in [-0.15, -0.1) is 0 Å². The molecule has 13 heavy (non-hydrogen) atoms. The molecule has 68 valence electrons. The van der Waals surface area contributed by atoms with E-state index in [4.69, 9.17) is 10.00 Å². The predicted molar refractivity (Wildman–Crippen MR) is 47.0 cm³/mol. The zero-order valence-corrected chi connectivity index (χ0v) is 7.54. The van der Waals surface area contributed by atoms with E-state index in [1.807, 2.05) is 6.07 Å². The number of hydrogen-bond donors (Lipinski definition) is 0. The first-order valence-corrected chi connectivity index (χ1v) is 3.89. The Hall–Kier alpha value is -1.56. The smallest absolute Gasteiger partial charge is 0.242 e. The van der Waals surface area contributed by atoms with Gasteiger partial charge in [0.05, 0.1) is 11.6 Å². The highest BCUT2D eigenvalue weighted by molar-refractivity contribution is 5.36. The van der Waals surface area contributed by atoms with Crippen molar-refractivity contribution in [3.63, 3.8) is 0 Å². The van der Waals surface area contributed by atoms with E-state index >= 15 is 0 Å². The van der Waals surface area contributed by atoms with Crippen LogP contribution < -0.4 is 4.74 Å². The van der Waals surface area contributed by atoms with Crippen LogP contribution in [-0.4, -0.2) is 5.85 Å². The molecule has 0 amide bonds. The van der Waals surface area contributed by atoms with Gasteiger partial charge in [0, 0.05) is 13.8 Å². The first-order chi connectivity index (χ1) is 6.01. The summed E-state index contributed by atoms with van der Waals surface area (Å²) in [5.74, 6) is -1.35. The Balaban J connectivity index is 2.86. The lowest BCUT2D eigenvalue weighted by atomic mass is 10.2. The average molecular weight is 179 g/mol. The van der Waals surface area contributed by atoms with Gasteiger partial charge in [-0.25, -0.2) is 0 Å². The maximum atomic E-state index is 13.0. The molecule has 0 aliphatic rings. The molecule has 0 fully saturated rings. The Morgan fingerprint density at radius 2 is 2.15 bits per heavy atom. The lowest BCUT2D eigenvalue weighted by Gasteiger charge is -2.16. The molecule has 0 aliphatic heterocycles. The van der Waals surface area contributed by atoms with Crippen molar-refractivity contribution in [2.45, 2.75) is 19.7 Å². The quantitative estimate of drug-likeness (QED) is 0.699. The van der Waals surface area contributed by atoms with Gasteiger partial charge >= 0.3 is 0 Å². The number of halogens is 1. The van der Waals surface area contributed by atoms with Gasteiger partial charge in [-0.2, -0.15) is 9.65 Å². The molecule has 0 unspecified atom stereocenters. The number of nitriles is 1.